The molecule has 0 amide bonds. The summed E-state index contributed by atoms with van der Waals surface area (Å²) in [5.41, 5.74) is 5.48. The number of methoxy groups -OCH3 is 1. The van der Waals surface area contributed by atoms with E-state index in [0.29, 0.717) is 21.6 Å². The molecule has 0 saturated carbocycles. The summed E-state index contributed by atoms with van der Waals surface area (Å²) in [6.07, 6.45) is 0. The van der Waals surface area contributed by atoms with Crippen molar-refractivity contribution < 1.29 is 17.9 Å². The van der Waals surface area contributed by atoms with Gasteiger partial charge in [0.15, 0.2) is 17.2 Å². The third kappa shape index (κ3) is 3.59. The van der Waals surface area contributed by atoms with Crippen LogP contribution < -0.4 is 26.6 Å². The van der Waals surface area contributed by atoms with Crippen molar-refractivity contribution in [2.45, 2.75) is 13.1 Å². The summed E-state index contributed by atoms with van der Waals surface area (Å²) < 4.78 is 52.9. The average Bonchev–Trinajstić information content (AvgIpc) is 3.28. The normalized spacial score (nSPS) is 12.5. The Labute approximate surface area is 218 Å². The number of benzene rings is 3. The number of nitrogens with zero attached hydrogens (tertiary/aromatic N) is 5. The van der Waals surface area contributed by atoms with E-state index in [1.807, 2.05) is 4.90 Å². The number of rotatable bonds is 4. The Hall–Kier alpha value is -5.00. The summed E-state index contributed by atoms with van der Waals surface area (Å²) in [6.45, 7) is -0.407. The first-order chi connectivity index (χ1) is 18.7. The van der Waals surface area contributed by atoms with Gasteiger partial charge in [-0.25, -0.2) is 27.2 Å². The summed E-state index contributed by atoms with van der Waals surface area (Å²) in [5, 5.41) is 4.56. The SMILES string of the molecule is COc1cccc(-n2c(=O)c3c4n(nc3n(Cc3c(F)cccc3F)c2=O)-c2ccc(N)cc2N(C)C4)c1F. The first-order valence-electron chi connectivity index (χ1n) is 11.9. The maximum atomic E-state index is 15.4. The maximum absolute atomic E-state index is 15.4. The Balaban J connectivity index is 1.74. The zero-order valence-corrected chi connectivity index (χ0v) is 20.8. The number of aromatic nitrogens is 4. The monoisotopic (exact) mass is 534 g/mol. The highest BCUT2D eigenvalue weighted by Gasteiger charge is 2.30. The number of nitrogens with two attached hydrogens (primary N) is 1. The lowest BCUT2D eigenvalue weighted by Gasteiger charge is -2.28. The van der Waals surface area contributed by atoms with Gasteiger partial charge in [-0.05, 0) is 42.5 Å². The summed E-state index contributed by atoms with van der Waals surface area (Å²) in [6, 6.07) is 12.5. The molecule has 3 heterocycles. The van der Waals surface area contributed by atoms with Crippen LogP contribution in [0, 0.1) is 17.5 Å². The Morgan fingerprint density at radius 1 is 0.974 bits per heavy atom. The van der Waals surface area contributed by atoms with Crippen LogP contribution in [-0.2, 0) is 13.1 Å². The molecule has 0 unspecified atom stereocenters. The van der Waals surface area contributed by atoms with Gasteiger partial charge < -0.3 is 15.4 Å². The van der Waals surface area contributed by atoms with Gasteiger partial charge in [0.25, 0.3) is 5.56 Å². The standard InChI is InChI=1S/C27H21F3N6O3/c1-33-13-21-23-25(32-36(21)18-10-9-14(31)11-20(18)33)34(12-15-16(28)5-3-6-17(15)29)27(38)35(26(23)37)19-7-4-8-22(39-2)24(19)30/h3-11H,12-13,31H2,1-2H3. The highest BCUT2D eigenvalue weighted by Crippen LogP contribution is 2.35. The molecule has 0 saturated heterocycles. The second-order valence-corrected chi connectivity index (χ2v) is 9.16. The lowest BCUT2D eigenvalue weighted by molar-refractivity contribution is 0.385. The molecule has 39 heavy (non-hydrogen) atoms. The van der Waals surface area contributed by atoms with Crippen molar-refractivity contribution in [3.8, 4) is 17.1 Å². The van der Waals surface area contributed by atoms with E-state index in [-0.39, 0.29) is 29.0 Å². The second kappa shape index (κ2) is 8.79. The van der Waals surface area contributed by atoms with Crippen LogP contribution >= 0.6 is 0 Å². The third-order valence-electron chi connectivity index (χ3n) is 6.86. The fraction of sp³-hybridized carbons (Fsp3) is 0.148. The van der Waals surface area contributed by atoms with Crippen LogP contribution in [0.1, 0.15) is 11.3 Å². The van der Waals surface area contributed by atoms with E-state index in [9.17, 15) is 18.4 Å². The van der Waals surface area contributed by atoms with Crippen molar-refractivity contribution >= 4 is 22.4 Å². The van der Waals surface area contributed by atoms with Gasteiger partial charge in [-0.15, -0.1) is 5.10 Å². The zero-order chi connectivity index (χ0) is 27.6. The molecule has 5 aromatic rings. The predicted molar refractivity (Wildman–Crippen MR) is 139 cm³/mol. The minimum Gasteiger partial charge on any atom is -0.494 e. The highest BCUT2D eigenvalue weighted by molar-refractivity contribution is 5.82. The van der Waals surface area contributed by atoms with E-state index in [2.05, 4.69) is 5.10 Å². The van der Waals surface area contributed by atoms with E-state index in [0.717, 1.165) is 22.4 Å². The minimum absolute atomic E-state index is 0.00268. The van der Waals surface area contributed by atoms with Crippen LogP contribution in [0.2, 0.25) is 0 Å². The molecule has 198 valence electrons. The van der Waals surface area contributed by atoms with Crippen LogP contribution in [-0.4, -0.2) is 33.1 Å². The van der Waals surface area contributed by atoms with Crippen molar-refractivity contribution in [1.29, 1.82) is 0 Å². The molecule has 1 aliphatic heterocycles. The summed E-state index contributed by atoms with van der Waals surface area (Å²) in [4.78, 5) is 29.6. The van der Waals surface area contributed by atoms with Crippen LogP contribution in [0.4, 0.5) is 24.5 Å². The molecule has 0 aliphatic carbocycles. The number of nitrogen functional groups attached to an aromatic ring is 1. The molecule has 9 nitrogen and oxygen atoms in total. The molecule has 0 atom stereocenters. The third-order valence-corrected chi connectivity index (χ3v) is 6.86. The van der Waals surface area contributed by atoms with Crippen molar-refractivity contribution in [2.24, 2.45) is 0 Å². The number of ether oxygens (including phenoxy) is 1. The summed E-state index contributed by atoms with van der Waals surface area (Å²) >= 11 is 0. The van der Waals surface area contributed by atoms with Gasteiger partial charge in [0.2, 0.25) is 0 Å². The van der Waals surface area contributed by atoms with E-state index >= 15 is 4.39 Å². The Bertz CT molecular complexity index is 1910. The molecule has 1 aliphatic rings. The molecule has 6 rings (SSSR count). The molecule has 0 radical (unpaired) electrons. The topological polar surface area (TPSA) is 100 Å². The number of fused-ring (bicyclic) bond motifs is 5. The molecule has 0 spiro atoms. The van der Waals surface area contributed by atoms with Gasteiger partial charge in [-0.2, -0.15) is 0 Å². The quantitative estimate of drug-likeness (QED) is 0.355. The highest BCUT2D eigenvalue weighted by atomic mass is 19.1. The van der Waals surface area contributed by atoms with Crippen LogP contribution in [0.5, 0.6) is 5.75 Å². The van der Waals surface area contributed by atoms with Gasteiger partial charge in [0, 0.05) is 18.3 Å². The Morgan fingerprint density at radius 2 is 1.69 bits per heavy atom. The summed E-state index contributed by atoms with van der Waals surface area (Å²) in [5.74, 6) is -2.90. The number of halogens is 3. The van der Waals surface area contributed by atoms with E-state index in [1.54, 1.807) is 25.2 Å². The molecule has 0 fully saturated rings. The van der Waals surface area contributed by atoms with E-state index in [4.69, 9.17) is 10.5 Å². The number of anilines is 2. The van der Waals surface area contributed by atoms with Gasteiger partial charge in [-0.3, -0.25) is 9.36 Å². The minimum atomic E-state index is -1.02. The zero-order valence-electron chi connectivity index (χ0n) is 20.8. The first kappa shape index (κ1) is 24.3. The molecule has 2 aromatic heterocycles. The molecule has 12 heteroatoms. The average molecular weight is 534 g/mol. The molecule has 0 bridgehead atoms. The van der Waals surface area contributed by atoms with Crippen molar-refractivity contribution in [2.75, 3.05) is 24.8 Å². The van der Waals surface area contributed by atoms with Gasteiger partial charge in [0.1, 0.15) is 17.0 Å². The fourth-order valence-corrected chi connectivity index (χ4v) is 4.96. The van der Waals surface area contributed by atoms with Crippen LogP contribution in [0.25, 0.3) is 22.4 Å². The predicted octanol–water partition coefficient (Wildman–Crippen LogP) is 3.34. The second-order valence-electron chi connectivity index (χ2n) is 9.16. The number of hydrogen-bond acceptors (Lipinski definition) is 6. The summed E-state index contributed by atoms with van der Waals surface area (Å²) in [7, 11) is 3.05. The van der Waals surface area contributed by atoms with Gasteiger partial charge in [-0.1, -0.05) is 12.1 Å². The molecule has 2 N–H and O–H groups in total. The van der Waals surface area contributed by atoms with Crippen molar-refractivity contribution in [1.82, 2.24) is 18.9 Å². The largest absolute Gasteiger partial charge is 0.494 e. The van der Waals surface area contributed by atoms with Crippen molar-refractivity contribution in [3.63, 3.8) is 0 Å². The Kier molecular flexibility index (Phi) is 5.49. The lowest BCUT2D eigenvalue weighted by atomic mass is 10.1. The van der Waals surface area contributed by atoms with Crippen LogP contribution in [0.15, 0.2) is 64.2 Å². The molecule has 3 aromatic carbocycles. The van der Waals surface area contributed by atoms with Gasteiger partial charge in [0.05, 0.1) is 43.0 Å². The van der Waals surface area contributed by atoms with Crippen LogP contribution in [0.3, 0.4) is 0 Å². The fourth-order valence-electron chi connectivity index (χ4n) is 4.96. The van der Waals surface area contributed by atoms with Crippen molar-refractivity contribution in [3.05, 3.63) is 104 Å². The molecular formula is C27H21F3N6O3. The maximum Gasteiger partial charge on any atom is 0.337 e. The van der Waals surface area contributed by atoms with Gasteiger partial charge >= 0.3 is 5.69 Å². The Morgan fingerprint density at radius 3 is 2.41 bits per heavy atom. The van der Waals surface area contributed by atoms with E-state index < -0.39 is 40.8 Å². The van der Waals surface area contributed by atoms with E-state index in [1.165, 1.54) is 36.1 Å². The lowest BCUT2D eigenvalue weighted by Crippen LogP contribution is -2.40. The smallest absolute Gasteiger partial charge is 0.337 e. The first-order valence-corrected chi connectivity index (χ1v) is 11.9. The number of hydrogen-bond donors (Lipinski definition) is 1. The molecular weight excluding hydrogens is 513 g/mol.